The topological polar surface area (TPSA) is 81.2 Å². The lowest BCUT2D eigenvalue weighted by atomic mass is 10.2. The van der Waals surface area contributed by atoms with Crippen molar-refractivity contribution in [1.29, 1.82) is 0 Å². The van der Waals surface area contributed by atoms with Crippen LogP contribution >= 0.6 is 11.3 Å². The summed E-state index contributed by atoms with van der Waals surface area (Å²) in [6.07, 6.45) is 5.31. The van der Waals surface area contributed by atoms with E-state index < -0.39 is 18.0 Å². The Kier molecular flexibility index (Phi) is 4.15. The van der Waals surface area contributed by atoms with Crippen molar-refractivity contribution in [1.82, 2.24) is 9.97 Å². The quantitative estimate of drug-likeness (QED) is 0.874. The smallest absolute Gasteiger partial charge is 0.349 e. The van der Waals surface area contributed by atoms with Crippen LogP contribution in [0.2, 0.25) is 0 Å². The first-order valence-corrected chi connectivity index (χ1v) is 7.85. The number of anilines is 1. The van der Waals surface area contributed by atoms with E-state index >= 15 is 0 Å². The Labute approximate surface area is 131 Å². The first kappa shape index (κ1) is 14.6. The Morgan fingerprint density at radius 3 is 2.82 bits per heavy atom. The summed E-state index contributed by atoms with van der Waals surface area (Å²) in [5.74, 6) is -0.731. The molecule has 7 heteroatoms. The van der Waals surface area contributed by atoms with Crippen LogP contribution in [0, 0.1) is 0 Å². The standard InChI is InChI=1S/C15H15N3O3S/c1-9(13(19)18-15-16-6-3-7-17-15)21-14(20)12-8-10-4-2-5-11(10)22-12/h3,6-9H,2,4-5H2,1H3,(H,16,17,18,19). The number of thiophene rings is 1. The number of esters is 1. The summed E-state index contributed by atoms with van der Waals surface area (Å²) in [6, 6.07) is 3.52. The molecule has 2 aromatic heterocycles. The highest BCUT2D eigenvalue weighted by molar-refractivity contribution is 7.14. The zero-order valence-electron chi connectivity index (χ0n) is 12.0. The van der Waals surface area contributed by atoms with Crippen molar-refractivity contribution in [3.63, 3.8) is 0 Å². The summed E-state index contributed by atoms with van der Waals surface area (Å²) in [5.41, 5.74) is 1.23. The van der Waals surface area contributed by atoms with Gasteiger partial charge >= 0.3 is 5.97 Å². The van der Waals surface area contributed by atoms with Gasteiger partial charge in [-0.1, -0.05) is 0 Å². The van der Waals surface area contributed by atoms with Gasteiger partial charge in [0.25, 0.3) is 5.91 Å². The van der Waals surface area contributed by atoms with Crippen molar-refractivity contribution in [2.45, 2.75) is 32.3 Å². The second-order valence-electron chi connectivity index (χ2n) is 5.02. The molecule has 1 amide bonds. The second kappa shape index (κ2) is 6.23. The SMILES string of the molecule is CC(OC(=O)c1cc2c(s1)CCC2)C(=O)Nc1ncccn1. The third-order valence-corrected chi connectivity index (χ3v) is 4.62. The van der Waals surface area contributed by atoms with Gasteiger partial charge in [0.05, 0.1) is 0 Å². The molecule has 1 N–H and O–H groups in total. The van der Waals surface area contributed by atoms with Gasteiger partial charge in [-0.2, -0.15) is 0 Å². The Hall–Kier alpha value is -2.28. The van der Waals surface area contributed by atoms with E-state index in [2.05, 4.69) is 15.3 Å². The van der Waals surface area contributed by atoms with Crippen molar-refractivity contribution in [2.24, 2.45) is 0 Å². The molecule has 1 aliphatic rings. The number of hydrogen-bond acceptors (Lipinski definition) is 6. The van der Waals surface area contributed by atoms with Crippen LogP contribution in [0.25, 0.3) is 0 Å². The molecule has 0 saturated heterocycles. The van der Waals surface area contributed by atoms with E-state index in [1.807, 2.05) is 6.07 Å². The summed E-state index contributed by atoms with van der Waals surface area (Å²) in [4.78, 5) is 33.6. The van der Waals surface area contributed by atoms with E-state index in [0.29, 0.717) is 4.88 Å². The number of nitrogens with one attached hydrogen (secondary N) is 1. The Morgan fingerprint density at radius 1 is 1.32 bits per heavy atom. The predicted molar refractivity (Wildman–Crippen MR) is 81.9 cm³/mol. The molecule has 0 saturated carbocycles. The fraction of sp³-hybridized carbons (Fsp3) is 0.333. The molecule has 114 valence electrons. The minimum absolute atomic E-state index is 0.186. The maximum Gasteiger partial charge on any atom is 0.349 e. The summed E-state index contributed by atoms with van der Waals surface area (Å²) in [6.45, 7) is 1.53. The van der Waals surface area contributed by atoms with Gasteiger partial charge in [-0.25, -0.2) is 14.8 Å². The molecule has 0 fully saturated rings. The number of hydrogen-bond donors (Lipinski definition) is 1. The number of nitrogens with zero attached hydrogens (tertiary/aromatic N) is 2. The Balaban J connectivity index is 1.59. The van der Waals surface area contributed by atoms with E-state index in [9.17, 15) is 9.59 Å². The normalized spacial score (nSPS) is 14.2. The molecule has 3 rings (SSSR count). The second-order valence-corrected chi connectivity index (χ2v) is 6.16. The van der Waals surface area contributed by atoms with E-state index in [1.54, 1.807) is 6.07 Å². The first-order chi connectivity index (χ1) is 10.6. The molecular formula is C15H15N3O3S. The zero-order valence-corrected chi connectivity index (χ0v) is 12.9. The van der Waals surface area contributed by atoms with Gasteiger partial charge in [-0.3, -0.25) is 10.1 Å². The fourth-order valence-electron chi connectivity index (χ4n) is 2.28. The highest BCUT2D eigenvalue weighted by Gasteiger charge is 2.23. The summed E-state index contributed by atoms with van der Waals surface area (Å²) in [7, 11) is 0. The van der Waals surface area contributed by atoms with Gasteiger partial charge in [0.15, 0.2) is 6.10 Å². The third-order valence-electron chi connectivity index (χ3n) is 3.40. The van der Waals surface area contributed by atoms with E-state index in [4.69, 9.17) is 4.74 Å². The van der Waals surface area contributed by atoms with Crippen molar-refractivity contribution in [3.8, 4) is 0 Å². The first-order valence-electron chi connectivity index (χ1n) is 7.04. The average Bonchev–Trinajstić information content (AvgIpc) is 3.09. The highest BCUT2D eigenvalue weighted by Crippen LogP contribution is 2.31. The van der Waals surface area contributed by atoms with Crippen LogP contribution in [0.1, 0.15) is 33.5 Å². The minimum Gasteiger partial charge on any atom is -0.448 e. The molecule has 2 aromatic rings. The van der Waals surface area contributed by atoms with E-state index in [0.717, 1.165) is 19.3 Å². The molecule has 0 radical (unpaired) electrons. The van der Waals surface area contributed by atoms with E-state index in [1.165, 1.54) is 41.1 Å². The predicted octanol–water partition coefficient (Wildman–Crippen LogP) is 2.21. The number of carbonyl (C=O) groups excluding carboxylic acids is 2. The van der Waals surface area contributed by atoms with Crippen LogP contribution in [0.3, 0.4) is 0 Å². The molecule has 1 aliphatic carbocycles. The molecule has 2 heterocycles. The lowest BCUT2D eigenvalue weighted by molar-refractivity contribution is -0.123. The van der Waals surface area contributed by atoms with Gasteiger partial charge in [0, 0.05) is 17.3 Å². The number of aryl methyl sites for hydroxylation is 2. The molecule has 1 unspecified atom stereocenters. The van der Waals surface area contributed by atoms with Crippen molar-refractivity contribution < 1.29 is 14.3 Å². The van der Waals surface area contributed by atoms with Crippen LogP contribution in [0.15, 0.2) is 24.5 Å². The molecule has 0 spiro atoms. The number of aromatic nitrogens is 2. The molecule has 0 aromatic carbocycles. The average molecular weight is 317 g/mol. The van der Waals surface area contributed by atoms with Crippen LogP contribution in [0.5, 0.6) is 0 Å². The minimum atomic E-state index is -0.909. The van der Waals surface area contributed by atoms with Crippen LogP contribution in [0.4, 0.5) is 5.95 Å². The number of carbonyl (C=O) groups is 2. The van der Waals surface area contributed by atoms with Crippen molar-refractivity contribution in [2.75, 3.05) is 5.32 Å². The van der Waals surface area contributed by atoms with Gasteiger partial charge in [-0.15, -0.1) is 11.3 Å². The van der Waals surface area contributed by atoms with E-state index in [-0.39, 0.29) is 5.95 Å². The Bertz CT molecular complexity index is 678. The largest absolute Gasteiger partial charge is 0.448 e. The van der Waals surface area contributed by atoms with Crippen molar-refractivity contribution in [3.05, 3.63) is 39.8 Å². The van der Waals surface area contributed by atoms with Crippen LogP contribution in [-0.2, 0) is 22.4 Å². The maximum absolute atomic E-state index is 12.1. The Morgan fingerprint density at radius 2 is 2.09 bits per heavy atom. The lowest BCUT2D eigenvalue weighted by Gasteiger charge is -2.11. The molecule has 1 atom stereocenters. The number of amides is 1. The van der Waals surface area contributed by atoms with Crippen molar-refractivity contribution >= 4 is 29.2 Å². The third kappa shape index (κ3) is 3.14. The molecule has 0 bridgehead atoms. The van der Waals surface area contributed by atoms with Gasteiger partial charge in [0.2, 0.25) is 5.95 Å². The molecule has 22 heavy (non-hydrogen) atoms. The highest BCUT2D eigenvalue weighted by atomic mass is 32.1. The zero-order chi connectivity index (χ0) is 15.5. The van der Waals surface area contributed by atoms with Crippen LogP contribution in [-0.4, -0.2) is 27.9 Å². The molecule has 6 nitrogen and oxygen atoms in total. The molecular weight excluding hydrogens is 302 g/mol. The summed E-state index contributed by atoms with van der Waals surface area (Å²) < 4.78 is 5.21. The number of rotatable bonds is 4. The van der Waals surface area contributed by atoms with Gasteiger partial charge in [0.1, 0.15) is 4.88 Å². The molecule has 0 aliphatic heterocycles. The maximum atomic E-state index is 12.1. The fourth-order valence-corrected chi connectivity index (χ4v) is 3.41. The summed E-state index contributed by atoms with van der Waals surface area (Å²) in [5, 5.41) is 2.50. The van der Waals surface area contributed by atoms with Gasteiger partial charge in [-0.05, 0) is 43.9 Å². The van der Waals surface area contributed by atoms with Crippen LogP contribution < -0.4 is 5.32 Å². The number of fused-ring (bicyclic) bond motifs is 1. The summed E-state index contributed by atoms with van der Waals surface area (Å²) >= 11 is 1.46. The van der Waals surface area contributed by atoms with Gasteiger partial charge < -0.3 is 4.74 Å². The number of ether oxygens (including phenoxy) is 1. The lowest BCUT2D eigenvalue weighted by Crippen LogP contribution is -2.30. The monoisotopic (exact) mass is 317 g/mol.